The average Bonchev–Trinajstić information content (AvgIpc) is 2.18. The van der Waals surface area contributed by atoms with Crippen molar-refractivity contribution in [2.24, 2.45) is 0 Å². The molecule has 0 aromatic heterocycles. The number of carbonyl (C=O) groups excluding carboxylic acids is 1. The lowest BCUT2D eigenvalue weighted by Crippen LogP contribution is -2.50. The SMILES string of the molecule is COC1(OC)CCCCC1OC(C)=O. The maximum atomic E-state index is 10.9. The van der Waals surface area contributed by atoms with Crippen molar-refractivity contribution in [3.05, 3.63) is 0 Å². The largest absolute Gasteiger partial charge is 0.457 e. The van der Waals surface area contributed by atoms with E-state index in [0.29, 0.717) is 0 Å². The van der Waals surface area contributed by atoms with Gasteiger partial charge in [0, 0.05) is 27.6 Å². The summed E-state index contributed by atoms with van der Waals surface area (Å²) in [7, 11) is 3.18. The van der Waals surface area contributed by atoms with Crippen LogP contribution in [0.4, 0.5) is 0 Å². The maximum Gasteiger partial charge on any atom is 0.303 e. The number of hydrogen-bond donors (Lipinski definition) is 0. The van der Waals surface area contributed by atoms with Gasteiger partial charge in [0.05, 0.1) is 0 Å². The molecule has 1 saturated carbocycles. The molecule has 0 N–H and O–H groups in total. The van der Waals surface area contributed by atoms with Gasteiger partial charge in [0.15, 0.2) is 6.10 Å². The first-order valence-electron chi connectivity index (χ1n) is 4.92. The zero-order valence-corrected chi connectivity index (χ0v) is 9.04. The van der Waals surface area contributed by atoms with Gasteiger partial charge in [-0.05, 0) is 19.3 Å². The summed E-state index contributed by atoms with van der Waals surface area (Å²) in [6.07, 6.45) is 3.40. The summed E-state index contributed by atoms with van der Waals surface area (Å²) in [6.45, 7) is 1.41. The molecule has 0 bridgehead atoms. The van der Waals surface area contributed by atoms with E-state index in [-0.39, 0.29) is 12.1 Å². The summed E-state index contributed by atoms with van der Waals surface area (Å²) in [5.41, 5.74) is 0. The molecule has 0 heterocycles. The summed E-state index contributed by atoms with van der Waals surface area (Å²) < 4.78 is 15.9. The highest BCUT2D eigenvalue weighted by Crippen LogP contribution is 2.34. The smallest absolute Gasteiger partial charge is 0.303 e. The molecular weight excluding hydrogens is 184 g/mol. The number of rotatable bonds is 3. The molecular formula is C10H18O4. The third-order valence-corrected chi connectivity index (χ3v) is 2.73. The van der Waals surface area contributed by atoms with Crippen LogP contribution in [-0.2, 0) is 19.0 Å². The molecule has 1 unspecified atom stereocenters. The Morgan fingerprint density at radius 3 is 2.43 bits per heavy atom. The third kappa shape index (κ3) is 2.25. The molecule has 0 aromatic carbocycles. The van der Waals surface area contributed by atoms with E-state index >= 15 is 0 Å². The molecule has 82 valence electrons. The minimum absolute atomic E-state index is 0.274. The molecule has 4 nitrogen and oxygen atoms in total. The van der Waals surface area contributed by atoms with Crippen molar-refractivity contribution in [1.29, 1.82) is 0 Å². The van der Waals surface area contributed by atoms with Crippen molar-refractivity contribution in [3.8, 4) is 0 Å². The first-order valence-corrected chi connectivity index (χ1v) is 4.92. The van der Waals surface area contributed by atoms with Gasteiger partial charge >= 0.3 is 5.97 Å². The van der Waals surface area contributed by atoms with Crippen LogP contribution in [0.2, 0.25) is 0 Å². The molecule has 0 aliphatic heterocycles. The Kier molecular flexibility index (Phi) is 3.89. The molecule has 0 aromatic rings. The van der Waals surface area contributed by atoms with Crippen molar-refractivity contribution >= 4 is 5.97 Å². The number of methoxy groups -OCH3 is 2. The fourth-order valence-electron chi connectivity index (χ4n) is 1.98. The first-order chi connectivity index (χ1) is 6.64. The van der Waals surface area contributed by atoms with Gasteiger partial charge in [0.1, 0.15) is 0 Å². The second-order valence-corrected chi connectivity index (χ2v) is 3.56. The van der Waals surface area contributed by atoms with Crippen LogP contribution in [0.15, 0.2) is 0 Å². The van der Waals surface area contributed by atoms with Gasteiger partial charge in [0.2, 0.25) is 5.79 Å². The molecule has 1 fully saturated rings. The van der Waals surface area contributed by atoms with E-state index < -0.39 is 5.79 Å². The highest BCUT2D eigenvalue weighted by Gasteiger charge is 2.43. The lowest BCUT2D eigenvalue weighted by Gasteiger charge is -2.40. The number of hydrogen-bond acceptors (Lipinski definition) is 4. The molecule has 1 atom stereocenters. The van der Waals surface area contributed by atoms with Crippen LogP contribution in [0.3, 0.4) is 0 Å². The Hall–Kier alpha value is -0.610. The molecule has 4 heteroatoms. The monoisotopic (exact) mass is 202 g/mol. The fourth-order valence-corrected chi connectivity index (χ4v) is 1.98. The molecule has 0 radical (unpaired) electrons. The Labute approximate surface area is 84.5 Å². The molecule has 1 aliphatic carbocycles. The maximum absolute atomic E-state index is 10.9. The van der Waals surface area contributed by atoms with Gasteiger partial charge in [-0.25, -0.2) is 0 Å². The predicted octanol–water partition coefficient (Wildman–Crippen LogP) is 1.48. The number of ether oxygens (including phenoxy) is 3. The predicted molar refractivity (Wildman–Crippen MR) is 50.8 cm³/mol. The first kappa shape index (κ1) is 11.5. The summed E-state index contributed by atoms with van der Waals surface area (Å²) in [6, 6.07) is 0. The molecule has 0 spiro atoms. The van der Waals surface area contributed by atoms with Crippen molar-refractivity contribution in [2.75, 3.05) is 14.2 Å². The zero-order chi connectivity index (χ0) is 10.6. The van der Waals surface area contributed by atoms with E-state index in [1.54, 1.807) is 14.2 Å². The third-order valence-electron chi connectivity index (χ3n) is 2.73. The van der Waals surface area contributed by atoms with Gasteiger partial charge < -0.3 is 14.2 Å². The van der Waals surface area contributed by atoms with Gasteiger partial charge in [-0.1, -0.05) is 0 Å². The Balaban J connectivity index is 2.71. The summed E-state index contributed by atoms with van der Waals surface area (Å²) in [4.78, 5) is 10.9. The van der Waals surface area contributed by atoms with Gasteiger partial charge in [-0.15, -0.1) is 0 Å². The van der Waals surface area contributed by atoms with Crippen LogP contribution >= 0.6 is 0 Å². The van der Waals surface area contributed by atoms with Crippen molar-refractivity contribution < 1.29 is 19.0 Å². The Bertz CT molecular complexity index is 198. The quantitative estimate of drug-likeness (QED) is 0.513. The molecule has 14 heavy (non-hydrogen) atoms. The topological polar surface area (TPSA) is 44.8 Å². The van der Waals surface area contributed by atoms with E-state index in [4.69, 9.17) is 14.2 Å². The van der Waals surface area contributed by atoms with Crippen LogP contribution < -0.4 is 0 Å². The molecule has 0 amide bonds. The van der Waals surface area contributed by atoms with Crippen LogP contribution in [0.1, 0.15) is 32.6 Å². The van der Waals surface area contributed by atoms with Crippen LogP contribution in [0.25, 0.3) is 0 Å². The van der Waals surface area contributed by atoms with Gasteiger partial charge in [0.25, 0.3) is 0 Å². The van der Waals surface area contributed by atoms with E-state index in [0.717, 1.165) is 25.7 Å². The van der Waals surface area contributed by atoms with Crippen molar-refractivity contribution in [2.45, 2.75) is 44.5 Å². The van der Waals surface area contributed by atoms with E-state index in [9.17, 15) is 4.79 Å². The molecule has 1 rings (SSSR count). The van der Waals surface area contributed by atoms with Crippen LogP contribution in [-0.4, -0.2) is 32.1 Å². The summed E-state index contributed by atoms with van der Waals surface area (Å²) >= 11 is 0. The van der Waals surface area contributed by atoms with Crippen LogP contribution in [0, 0.1) is 0 Å². The Morgan fingerprint density at radius 1 is 1.29 bits per heavy atom. The highest BCUT2D eigenvalue weighted by atomic mass is 16.7. The lowest BCUT2D eigenvalue weighted by molar-refractivity contribution is -0.277. The number of esters is 1. The van der Waals surface area contributed by atoms with E-state index in [1.807, 2.05) is 0 Å². The molecule has 0 saturated heterocycles. The highest BCUT2D eigenvalue weighted by molar-refractivity contribution is 5.66. The van der Waals surface area contributed by atoms with E-state index in [2.05, 4.69) is 0 Å². The fraction of sp³-hybridized carbons (Fsp3) is 0.900. The average molecular weight is 202 g/mol. The van der Waals surface area contributed by atoms with Crippen LogP contribution in [0.5, 0.6) is 0 Å². The van der Waals surface area contributed by atoms with Crippen molar-refractivity contribution in [1.82, 2.24) is 0 Å². The zero-order valence-electron chi connectivity index (χ0n) is 9.04. The number of carbonyl (C=O) groups is 1. The molecule has 1 aliphatic rings. The summed E-state index contributed by atoms with van der Waals surface area (Å²) in [5.74, 6) is -1.01. The van der Waals surface area contributed by atoms with Gasteiger partial charge in [-0.3, -0.25) is 4.79 Å². The van der Waals surface area contributed by atoms with Gasteiger partial charge in [-0.2, -0.15) is 0 Å². The minimum atomic E-state index is -0.732. The minimum Gasteiger partial charge on any atom is -0.457 e. The normalized spacial score (nSPS) is 25.8. The van der Waals surface area contributed by atoms with Crippen molar-refractivity contribution in [3.63, 3.8) is 0 Å². The lowest BCUT2D eigenvalue weighted by atomic mass is 9.91. The second-order valence-electron chi connectivity index (χ2n) is 3.56. The second kappa shape index (κ2) is 4.75. The standard InChI is InChI=1S/C10H18O4/c1-8(11)14-9-6-4-5-7-10(9,12-2)13-3/h9H,4-7H2,1-3H3. The Morgan fingerprint density at radius 2 is 1.93 bits per heavy atom. The van der Waals surface area contributed by atoms with E-state index in [1.165, 1.54) is 6.92 Å². The summed E-state index contributed by atoms with van der Waals surface area (Å²) in [5, 5.41) is 0.